The van der Waals surface area contributed by atoms with Crippen LogP contribution in [0.4, 0.5) is 0 Å². The summed E-state index contributed by atoms with van der Waals surface area (Å²) >= 11 is 0. The molecule has 0 bridgehead atoms. The van der Waals surface area contributed by atoms with Crippen LogP contribution in [0.15, 0.2) is 0 Å². The summed E-state index contributed by atoms with van der Waals surface area (Å²) in [4.78, 5) is 8.22. The average molecular weight is 138 g/mol. The zero-order valence-electron chi connectivity index (χ0n) is 4.55. The third kappa shape index (κ3) is 6.11. The number of hydrogen-bond donors (Lipinski definition) is 3. The second-order valence-electron chi connectivity index (χ2n) is 1.36. The van der Waals surface area contributed by atoms with Crippen LogP contribution in [0.2, 0.25) is 0 Å². The minimum Gasteiger partial charge on any atom is -0.345 e. The lowest BCUT2D eigenvalue weighted by Gasteiger charge is -1.95. The molecule has 0 aliphatic carbocycles. The fraction of sp³-hybridized carbons (Fsp3) is 1.00. The Morgan fingerprint density at radius 2 is 2.38 bits per heavy atom. The van der Waals surface area contributed by atoms with E-state index in [1.54, 1.807) is 0 Å². The normalized spacial score (nSPS) is 13.8. The van der Waals surface area contributed by atoms with Crippen molar-refractivity contribution in [1.29, 1.82) is 0 Å². The molecule has 0 aromatic heterocycles. The molecule has 0 aliphatic rings. The molecular formula is C3H11N2O2P. The first-order valence-corrected chi connectivity index (χ1v) is 3.96. The molecule has 4 nitrogen and oxygen atoms in total. The first kappa shape index (κ1) is 8.11. The Labute approximate surface area is 48.9 Å². The highest BCUT2D eigenvalue weighted by Crippen LogP contribution is 2.07. The fourth-order valence-corrected chi connectivity index (χ4v) is 0.688. The highest BCUT2D eigenvalue weighted by atomic mass is 31.1. The Bertz CT molecular complexity index is 77.7. The zero-order chi connectivity index (χ0) is 6.41. The van der Waals surface area contributed by atoms with Crippen molar-refractivity contribution in [3.8, 4) is 0 Å². The Morgan fingerprint density at radius 1 is 1.75 bits per heavy atom. The summed E-state index contributed by atoms with van der Waals surface area (Å²) in [5, 5.41) is 2.69. The quantitative estimate of drug-likeness (QED) is 0.342. The third-order valence-corrected chi connectivity index (χ3v) is 1.15. The van der Waals surface area contributed by atoms with Crippen molar-refractivity contribution < 1.29 is 9.46 Å². The maximum absolute atomic E-state index is 9.96. The molecule has 0 heterocycles. The lowest BCUT2D eigenvalue weighted by Crippen LogP contribution is -2.21. The number of hydrogen-bond acceptors (Lipinski definition) is 3. The molecule has 5 heteroatoms. The lowest BCUT2D eigenvalue weighted by atomic mass is 10.7. The average Bonchev–Trinajstić information content (AvgIpc) is 1.66. The van der Waals surface area contributed by atoms with E-state index in [1.165, 1.54) is 0 Å². The van der Waals surface area contributed by atoms with E-state index in [4.69, 9.17) is 10.6 Å². The molecule has 0 amide bonds. The van der Waals surface area contributed by atoms with Gasteiger partial charge in [-0.1, -0.05) is 0 Å². The van der Waals surface area contributed by atoms with Gasteiger partial charge in [0, 0.05) is 13.1 Å². The molecule has 4 N–H and O–H groups in total. The van der Waals surface area contributed by atoms with Crippen LogP contribution in [0.5, 0.6) is 0 Å². The minimum atomic E-state index is -2.32. The van der Waals surface area contributed by atoms with E-state index in [-0.39, 0.29) is 6.29 Å². The highest BCUT2D eigenvalue weighted by Gasteiger charge is 1.87. The van der Waals surface area contributed by atoms with Crippen LogP contribution in [0, 0.1) is 0 Å². The van der Waals surface area contributed by atoms with Gasteiger partial charge in [-0.15, -0.1) is 0 Å². The maximum atomic E-state index is 9.96. The van der Waals surface area contributed by atoms with Crippen molar-refractivity contribution >= 4 is 8.03 Å². The molecule has 1 atom stereocenters. The molecule has 0 radical (unpaired) electrons. The molecule has 0 aromatic carbocycles. The van der Waals surface area contributed by atoms with Crippen LogP contribution in [0.3, 0.4) is 0 Å². The highest BCUT2D eigenvalue weighted by molar-refractivity contribution is 7.37. The van der Waals surface area contributed by atoms with Crippen LogP contribution < -0.4 is 11.1 Å². The van der Waals surface area contributed by atoms with Gasteiger partial charge in [-0.25, -0.2) is 0 Å². The first-order valence-electron chi connectivity index (χ1n) is 2.40. The van der Waals surface area contributed by atoms with Crippen molar-refractivity contribution in [3.05, 3.63) is 0 Å². The molecular weight excluding hydrogens is 127 g/mol. The van der Waals surface area contributed by atoms with Gasteiger partial charge >= 0.3 is 0 Å². The molecule has 0 aromatic rings. The molecule has 0 saturated carbocycles. The zero-order valence-corrected chi connectivity index (χ0v) is 5.55. The summed E-state index contributed by atoms with van der Waals surface area (Å²) in [6.45, 7) is 1.12. The maximum Gasteiger partial charge on any atom is 0.202 e. The van der Waals surface area contributed by atoms with Gasteiger partial charge in [-0.05, 0) is 0 Å². The Kier molecular flexibility index (Phi) is 5.32. The van der Waals surface area contributed by atoms with Crippen LogP contribution >= 0.6 is 8.03 Å². The number of nitrogens with one attached hydrogen (secondary N) is 1. The van der Waals surface area contributed by atoms with Crippen LogP contribution in [0.25, 0.3) is 0 Å². The summed E-state index contributed by atoms with van der Waals surface area (Å²) in [6.07, 6.45) is 0.182. The van der Waals surface area contributed by atoms with E-state index in [0.717, 1.165) is 0 Å². The van der Waals surface area contributed by atoms with E-state index in [9.17, 15) is 4.57 Å². The second-order valence-corrected chi connectivity index (χ2v) is 2.50. The van der Waals surface area contributed by atoms with Crippen molar-refractivity contribution in [2.75, 3.05) is 19.4 Å². The van der Waals surface area contributed by atoms with Gasteiger partial charge in [-0.2, -0.15) is 0 Å². The molecule has 0 saturated heterocycles. The SMILES string of the molecule is NCCNC[PH](=O)O. The molecule has 0 fully saturated rings. The summed E-state index contributed by atoms with van der Waals surface area (Å²) in [7, 11) is -2.32. The van der Waals surface area contributed by atoms with Crippen molar-refractivity contribution in [3.63, 3.8) is 0 Å². The van der Waals surface area contributed by atoms with Gasteiger partial charge < -0.3 is 15.9 Å². The lowest BCUT2D eigenvalue weighted by molar-refractivity contribution is 0.497. The summed E-state index contributed by atoms with van der Waals surface area (Å²) in [5.74, 6) is 0. The second kappa shape index (κ2) is 5.25. The Balaban J connectivity index is 2.82. The van der Waals surface area contributed by atoms with Crippen molar-refractivity contribution in [2.24, 2.45) is 5.73 Å². The Morgan fingerprint density at radius 3 is 2.75 bits per heavy atom. The predicted octanol–water partition coefficient (Wildman–Crippen LogP) is -1.04. The third-order valence-electron chi connectivity index (χ3n) is 0.597. The number of rotatable bonds is 4. The molecule has 1 unspecified atom stereocenters. The van der Waals surface area contributed by atoms with Gasteiger partial charge in [0.2, 0.25) is 8.03 Å². The molecule has 0 rings (SSSR count). The van der Waals surface area contributed by atoms with Crippen molar-refractivity contribution in [2.45, 2.75) is 0 Å². The van der Waals surface area contributed by atoms with Crippen LogP contribution in [0.1, 0.15) is 0 Å². The smallest absolute Gasteiger partial charge is 0.202 e. The van der Waals surface area contributed by atoms with E-state index in [0.29, 0.717) is 13.1 Å². The summed E-state index contributed by atoms with van der Waals surface area (Å²) < 4.78 is 9.96. The predicted molar refractivity (Wildman–Crippen MR) is 33.1 cm³/mol. The van der Waals surface area contributed by atoms with Crippen molar-refractivity contribution in [1.82, 2.24) is 5.32 Å². The first-order chi connectivity index (χ1) is 3.77. The van der Waals surface area contributed by atoms with Crippen LogP contribution in [-0.2, 0) is 4.57 Å². The van der Waals surface area contributed by atoms with Gasteiger partial charge in [0.15, 0.2) is 0 Å². The topological polar surface area (TPSA) is 75.3 Å². The molecule has 50 valence electrons. The monoisotopic (exact) mass is 138 g/mol. The summed E-state index contributed by atoms with van der Waals surface area (Å²) in [5.41, 5.74) is 5.08. The van der Waals surface area contributed by atoms with Gasteiger partial charge in [0.1, 0.15) is 0 Å². The fourth-order valence-electron chi connectivity index (χ4n) is 0.297. The molecule has 0 spiro atoms. The van der Waals surface area contributed by atoms with Crippen LogP contribution in [-0.4, -0.2) is 24.3 Å². The largest absolute Gasteiger partial charge is 0.345 e. The van der Waals surface area contributed by atoms with E-state index < -0.39 is 8.03 Å². The van der Waals surface area contributed by atoms with E-state index in [2.05, 4.69) is 5.32 Å². The van der Waals surface area contributed by atoms with Gasteiger partial charge in [0.25, 0.3) is 0 Å². The van der Waals surface area contributed by atoms with Gasteiger partial charge in [0.05, 0.1) is 6.29 Å². The van der Waals surface area contributed by atoms with E-state index >= 15 is 0 Å². The standard InChI is InChI=1S/C3H11N2O2P/c4-1-2-5-3-8(6)7/h5,8H,1-4H2,(H,6,7). The van der Waals surface area contributed by atoms with Gasteiger partial charge in [-0.3, -0.25) is 4.57 Å². The Hall–Kier alpha value is 0.110. The number of nitrogens with two attached hydrogens (primary N) is 1. The minimum absolute atomic E-state index is 0.182. The van der Waals surface area contributed by atoms with E-state index in [1.807, 2.05) is 0 Å². The molecule has 8 heavy (non-hydrogen) atoms. The molecule has 0 aliphatic heterocycles. The summed E-state index contributed by atoms with van der Waals surface area (Å²) in [6, 6.07) is 0.